The van der Waals surface area contributed by atoms with E-state index in [0.29, 0.717) is 40.0 Å². The third kappa shape index (κ3) is 5.13. The van der Waals surface area contributed by atoms with Crippen LogP contribution in [0.25, 0.3) is 0 Å². The lowest BCUT2D eigenvalue weighted by Gasteiger charge is -2.39. The highest BCUT2D eigenvalue weighted by Gasteiger charge is 2.38. The standard InChI is InChI=1S/C24H21Cl2N5O3/c1-14-2-11-19(22(32)29-18-9-7-17(26)8-10-18)21-27-13-20(24(34)31(14)21)23(33)30-28-12-15-3-5-16(25)6-4-15/h3-10,12-14,27H,2,11H2,1H3,(H,29,32)(H,30,33)/b28-12+. The number of hydrogen-bond donors (Lipinski definition) is 3. The zero-order valence-corrected chi connectivity index (χ0v) is 19.7. The molecule has 0 saturated carbocycles. The lowest BCUT2D eigenvalue weighted by atomic mass is 9.96. The second-order valence-electron chi connectivity index (χ2n) is 7.80. The van der Waals surface area contributed by atoms with Crippen LogP contribution in [0.1, 0.15) is 25.3 Å². The van der Waals surface area contributed by atoms with Crippen LogP contribution < -0.4 is 16.1 Å². The highest BCUT2D eigenvalue weighted by Crippen LogP contribution is 2.30. The fraction of sp³-hybridized carbons (Fsp3) is 0.167. The van der Waals surface area contributed by atoms with E-state index in [1.165, 1.54) is 17.3 Å². The number of rotatable bonds is 5. The molecule has 0 bridgehead atoms. The molecule has 2 aliphatic heterocycles. The van der Waals surface area contributed by atoms with Crippen LogP contribution in [0.3, 0.4) is 0 Å². The molecule has 34 heavy (non-hydrogen) atoms. The summed E-state index contributed by atoms with van der Waals surface area (Å²) in [4.78, 5) is 40.1. The maximum Gasteiger partial charge on any atom is 0.278 e. The molecule has 174 valence electrons. The van der Waals surface area contributed by atoms with Crippen LogP contribution >= 0.6 is 23.2 Å². The SMILES string of the molecule is CC1CCC(C(=O)Nc2ccc(Cl)cc2)=C2NC=C(C(=O)N/N=C/c3ccc(Cl)cc3)C(=O)N21. The van der Waals surface area contributed by atoms with Gasteiger partial charge in [-0.2, -0.15) is 5.10 Å². The first kappa shape index (κ1) is 23.5. The smallest absolute Gasteiger partial charge is 0.278 e. The molecule has 0 saturated heterocycles. The van der Waals surface area contributed by atoms with E-state index in [2.05, 4.69) is 21.2 Å². The Balaban J connectivity index is 1.50. The first-order chi connectivity index (χ1) is 16.3. The number of carbonyl (C=O) groups excluding carboxylic acids is 3. The summed E-state index contributed by atoms with van der Waals surface area (Å²) in [5.41, 5.74) is 4.00. The molecule has 10 heteroatoms. The van der Waals surface area contributed by atoms with E-state index in [9.17, 15) is 14.4 Å². The van der Waals surface area contributed by atoms with E-state index < -0.39 is 11.8 Å². The molecule has 2 aromatic rings. The van der Waals surface area contributed by atoms with Crippen molar-refractivity contribution in [3.8, 4) is 0 Å². The summed E-state index contributed by atoms with van der Waals surface area (Å²) < 4.78 is 0. The highest BCUT2D eigenvalue weighted by atomic mass is 35.5. The predicted molar refractivity (Wildman–Crippen MR) is 131 cm³/mol. The fourth-order valence-electron chi connectivity index (χ4n) is 3.65. The predicted octanol–water partition coefficient (Wildman–Crippen LogP) is 3.79. The lowest BCUT2D eigenvalue weighted by molar-refractivity contribution is -0.131. The monoisotopic (exact) mass is 497 g/mol. The Bertz CT molecular complexity index is 1220. The van der Waals surface area contributed by atoms with Crippen molar-refractivity contribution < 1.29 is 14.4 Å². The molecule has 1 unspecified atom stereocenters. The van der Waals surface area contributed by atoms with E-state index in [1.807, 2.05) is 6.92 Å². The number of nitrogens with one attached hydrogen (secondary N) is 3. The summed E-state index contributed by atoms with van der Waals surface area (Å²) in [6.07, 6.45) is 3.80. The van der Waals surface area contributed by atoms with Crippen molar-refractivity contribution >= 4 is 52.8 Å². The lowest BCUT2D eigenvalue weighted by Crippen LogP contribution is -2.51. The molecule has 2 aliphatic rings. The number of fused-ring (bicyclic) bond motifs is 1. The Morgan fingerprint density at radius 1 is 1.06 bits per heavy atom. The van der Waals surface area contributed by atoms with E-state index in [4.69, 9.17) is 23.2 Å². The zero-order valence-electron chi connectivity index (χ0n) is 18.1. The maximum absolute atomic E-state index is 13.2. The van der Waals surface area contributed by atoms with Crippen LogP contribution in [0.2, 0.25) is 10.0 Å². The summed E-state index contributed by atoms with van der Waals surface area (Å²) in [5, 5.41) is 10.8. The van der Waals surface area contributed by atoms with Gasteiger partial charge in [-0.15, -0.1) is 0 Å². The van der Waals surface area contributed by atoms with Gasteiger partial charge in [-0.05, 0) is 61.7 Å². The van der Waals surface area contributed by atoms with Crippen molar-refractivity contribution in [2.45, 2.75) is 25.8 Å². The van der Waals surface area contributed by atoms with Crippen molar-refractivity contribution in [2.24, 2.45) is 5.10 Å². The van der Waals surface area contributed by atoms with Gasteiger partial charge in [0, 0.05) is 28.0 Å². The minimum absolute atomic E-state index is 0.108. The Hall–Kier alpha value is -3.62. The van der Waals surface area contributed by atoms with E-state index in [-0.39, 0.29) is 17.5 Å². The molecule has 0 aromatic heterocycles. The molecule has 2 heterocycles. The molecule has 0 aliphatic carbocycles. The second-order valence-corrected chi connectivity index (χ2v) is 8.68. The van der Waals surface area contributed by atoms with Crippen molar-refractivity contribution in [1.82, 2.24) is 15.6 Å². The highest BCUT2D eigenvalue weighted by molar-refractivity contribution is 6.31. The van der Waals surface area contributed by atoms with Gasteiger partial charge in [0.2, 0.25) is 0 Å². The first-order valence-electron chi connectivity index (χ1n) is 10.5. The first-order valence-corrected chi connectivity index (χ1v) is 11.3. The van der Waals surface area contributed by atoms with E-state index in [0.717, 1.165) is 5.56 Å². The van der Waals surface area contributed by atoms with Crippen molar-refractivity contribution in [2.75, 3.05) is 5.32 Å². The van der Waals surface area contributed by atoms with E-state index >= 15 is 0 Å². The minimum atomic E-state index is -0.660. The second kappa shape index (κ2) is 10.1. The normalized spacial score (nSPS) is 17.7. The largest absolute Gasteiger partial charge is 0.347 e. The number of anilines is 1. The van der Waals surface area contributed by atoms with Crippen LogP contribution in [0.15, 0.2) is 76.8 Å². The van der Waals surface area contributed by atoms with Crippen molar-refractivity contribution in [3.63, 3.8) is 0 Å². The Morgan fingerprint density at radius 2 is 1.71 bits per heavy atom. The summed E-state index contributed by atoms with van der Waals surface area (Å²) in [7, 11) is 0. The summed E-state index contributed by atoms with van der Waals surface area (Å²) in [6, 6.07) is 13.4. The molecule has 2 aromatic carbocycles. The molecule has 1 atom stereocenters. The number of amides is 3. The average Bonchev–Trinajstić information content (AvgIpc) is 2.82. The van der Waals surface area contributed by atoms with Gasteiger partial charge in [0.15, 0.2) is 0 Å². The molecule has 3 amide bonds. The van der Waals surface area contributed by atoms with Crippen LogP contribution in [-0.2, 0) is 14.4 Å². The van der Waals surface area contributed by atoms with Gasteiger partial charge in [0.1, 0.15) is 11.4 Å². The molecule has 4 rings (SSSR count). The summed E-state index contributed by atoms with van der Waals surface area (Å²) in [5.74, 6) is -1.12. The Kier molecular flexibility index (Phi) is 7.00. The molecular formula is C24H21Cl2N5O3. The van der Waals surface area contributed by atoms with Gasteiger partial charge in [-0.1, -0.05) is 35.3 Å². The van der Waals surface area contributed by atoms with Crippen LogP contribution in [0.4, 0.5) is 5.69 Å². The van der Waals surface area contributed by atoms with Crippen molar-refractivity contribution in [3.05, 3.63) is 87.3 Å². The number of carbonyl (C=O) groups is 3. The summed E-state index contributed by atoms with van der Waals surface area (Å²) >= 11 is 11.8. The van der Waals surface area contributed by atoms with Crippen LogP contribution in [0.5, 0.6) is 0 Å². The van der Waals surface area contributed by atoms with Gasteiger partial charge in [0.05, 0.1) is 11.8 Å². The molecule has 0 fully saturated rings. The van der Waals surface area contributed by atoms with Gasteiger partial charge >= 0.3 is 0 Å². The quantitative estimate of drug-likeness (QED) is 0.332. The third-order valence-electron chi connectivity index (χ3n) is 5.45. The van der Waals surface area contributed by atoms with Gasteiger partial charge in [-0.25, -0.2) is 5.43 Å². The van der Waals surface area contributed by atoms with Crippen molar-refractivity contribution in [1.29, 1.82) is 0 Å². The number of nitrogens with zero attached hydrogens (tertiary/aromatic N) is 2. The van der Waals surface area contributed by atoms with Gasteiger partial charge in [-0.3, -0.25) is 19.3 Å². The Labute approximate surface area is 206 Å². The van der Waals surface area contributed by atoms with E-state index in [1.54, 1.807) is 48.5 Å². The van der Waals surface area contributed by atoms with Crippen LogP contribution in [-0.4, -0.2) is 34.9 Å². The number of hydrogen-bond acceptors (Lipinski definition) is 5. The van der Waals surface area contributed by atoms with Gasteiger partial charge in [0.25, 0.3) is 17.7 Å². The molecule has 0 radical (unpaired) electrons. The third-order valence-corrected chi connectivity index (χ3v) is 5.96. The topological polar surface area (TPSA) is 103 Å². The minimum Gasteiger partial charge on any atom is -0.347 e. The average molecular weight is 498 g/mol. The molecule has 3 N–H and O–H groups in total. The zero-order chi connectivity index (χ0) is 24.2. The molecular weight excluding hydrogens is 477 g/mol. The summed E-state index contributed by atoms with van der Waals surface area (Å²) in [6.45, 7) is 1.87. The Morgan fingerprint density at radius 3 is 2.38 bits per heavy atom. The van der Waals surface area contributed by atoms with Crippen LogP contribution in [0, 0.1) is 0 Å². The van der Waals surface area contributed by atoms with Gasteiger partial charge < -0.3 is 10.6 Å². The number of hydrazone groups is 1. The maximum atomic E-state index is 13.2. The number of benzene rings is 2. The molecule has 0 spiro atoms. The molecule has 8 nitrogen and oxygen atoms in total. The fourth-order valence-corrected chi connectivity index (χ4v) is 3.91. The number of halogens is 2.